The Kier molecular flexibility index (Phi) is 6.71. The second kappa shape index (κ2) is 9.63. The van der Waals surface area contributed by atoms with Crippen molar-refractivity contribution in [2.24, 2.45) is 0 Å². The molecule has 0 radical (unpaired) electrons. The fourth-order valence-electron chi connectivity index (χ4n) is 3.55. The van der Waals surface area contributed by atoms with E-state index in [4.69, 9.17) is 4.98 Å². The van der Waals surface area contributed by atoms with Crippen molar-refractivity contribution in [2.45, 2.75) is 13.1 Å². The third-order valence-electron chi connectivity index (χ3n) is 5.09. The summed E-state index contributed by atoms with van der Waals surface area (Å²) in [5.41, 5.74) is 2.36. The Morgan fingerprint density at radius 3 is 2.59 bits per heavy atom. The third-order valence-corrected chi connectivity index (χ3v) is 7.02. The zero-order valence-electron chi connectivity index (χ0n) is 16.7. The first-order valence-electron chi connectivity index (χ1n) is 9.88. The van der Waals surface area contributed by atoms with Crippen molar-refractivity contribution in [1.82, 2.24) is 19.7 Å². The van der Waals surface area contributed by atoms with Gasteiger partial charge in [0.25, 0.3) is 0 Å². The molecule has 1 fully saturated rings. The highest BCUT2D eigenvalue weighted by Crippen LogP contribution is 2.28. The Bertz CT molecular complexity index is 902. The first-order valence-corrected chi connectivity index (χ1v) is 11.6. The van der Waals surface area contributed by atoms with E-state index in [0.29, 0.717) is 13.1 Å². The molecule has 0 unspecified atom stereocenters. The van der Waals surface area contributed by atoms with Crippen molar-refractivity contribution in [3.63, 3.8) is 0 Å². The summed E-state index contributed by atoms with van der Waals surface area (Å²) in [5, 5.41) is 5.23. The van der Waals surface area contributed by atoms with Gasteiger partial charge in [-0.25, -0.2) is 4.98 Å². The molecule has 1 aromatic carbocycles. The molecular formula is C22H26N4OS2. The van der Waals surface area contributed by atoms with E-state index in [-0.39, 0.29) is 5.91 Å². The van der Waals surface area contributed by atoms with Gasteiger partial charge in [-0.05, 0) is 24.1 Å². The maximum atomic E-state index is 12.7. The van der Waals surface area contributed by atoms with Crippen LogP contribution in [0.1, 0.15) is 11.3 Å². The minimum absolute atomic E-state index is 0.209. The van der Waals surface area contributed by atoms with Crippen molar-refractivity contribution in [3.05, 3.63) is 64.5 Å². The molecule has 0 atom stereocenters. The Morgan fingerprint density at radius 2 is 1.86 bits per heavy atom. The summed E-state index contributed by atoms with van der Waals surface area (Å²) in [6, 6.07) is 14.7. The van der Waals surface area contributed by atoms with E-state index >= 15 is 0 Å². The number of hydrogen-bond acceptors (Lipinski definition) is 6. The van der Waals surface area contributed by atoms with Crippen LogP contribution >= 0.6 is 22.7 Å². The fourth-order valence-corrected chi connectivity index (χ4v) is 5.18. The Balaban J connectivity index is 1.22. The van der Waals surface area contributed by atoms with Gasteiger partial charge in [-0.15, -0.1) is 22.7 Å². The topological polar surface area (TPSA) is 39.7 Å². The predicted molar refractivity (Wildman–Crippen MR) is 120 cm³/mol. The second-order valence-corrected chi connectivity index (χ2v) is 9.24. The molecule has 0 saturated carbocycles. The van der Waals surface area contributed by atoms with E-state index in [1.165, 1.54) is 10.4 Å². The Morgan fingerprint density at radius 1 is 1.07 bits per heavy atom. The van der Waals surface area contributed by atoms with Gasteiger partial charge in [0.15, 0.2) is 0 Å². The number of carbonyl (C=O) groups excluding carboxylic acids is 1. The van der Waals surface area contributed by atoms with Crippen LogP contribution < -0.4 is 0 Å². The molecule has 29 heavy (non-hydrogen) atoms. The Labute approximate surface area is 180 Å². The lowest BCUT2D eigenvalue weighted by Crippen LogP contribution is -2.50. The zero-order chi connectivity index (χ0) is 20.1. The largest absolute Gasteiger partial charge is 0.339 e. The van der Waals surface area contributed by atoms with E-state index in [1.54, 1.807) is 22.7 Å². The van der Waals surface area contributed by atoms with Gasteiger partial charge >= 0.3 is 0 Å². The van der Waals surface area contributed by atoms with Gasteiger partial charge in [0, 0.05) is 44.6 Å². The normalized spacial score (nSPS) is 15.2. The number of thiazole rings is 1. The van der Waals surface area contributed by atoms with Gasteiger partial charge in [-0.1, -0.05) is 36.4 Å². The van der Waals surface area contributed by atoms with Crippen LogP contribution in [0.15, 0.2) is 53.2 Å². The van der Waals surface area contributed by atoms with Gasteiger partial charge in [-0.3, -0.25) is 14.6 Å². The first kappa shape index (κ1) is 20.2. The molecule has 1 saturated heterocycles. The van der Waals surface area contributed by atoms with Gasteiger partial charge in [0.05, 0.1) is 17.1 Å². The maximum absolute atomic E-state index is 12.7. The van der Waals surface area contributed by atoms with Crippen LogP contribution in [0, 0.1) is 0 Å². The van der Waals surface area contributed by atoms with Crippen LogP contribution in [0.3, 0.4) is 0 Å². The van der Waals surface area contributed by atoms with Crippen molar-refractivity contribution in [3.8, 4) is 9.88 Å². The molecule has 0 N–H and O–H groups in total. The van der Waals surface area contributed by atoms with Gasteiger partial charge in [-0.2, -0.15) is 0 Å². The molecular weight excluding hydrogens is 400 g/mol. The van der Waals surface area contributed by atoms with E-state index in [9.17, 15) is 4.79 Å². The smallest absolute Gasteiger partial charge is 0.236 e. The lowest BCUT2D eigenvalue weighted by atomic mass is 10.2. The SMILES string of the molecule is CN(CC(=O)N1CCN(Cc2ccccc2)CC1)Cc1csc(-c2cccs2)n1. The Hall–Kier alpha value is -2.06. The molecule has 1 aliphatic heterocycles. The molecule has 1 amide bonds. The van der Waals surface area contributed by atoms with Crippen molar-refractivity contribution >= 4 is 28.6 Å². The summed E-state index contributed by atoms with van der Waals surface area (Å²) < 4.78 is 0. The molecule has 152 valence electrons. The summed E-state index contributed by atoms with van der Waals surface area (Å²) in [6.45, 7) is 5.56. The van der Waals surface area contributed by atoms with Gasteiger partial charge < -0.3 is 4.90 Å². The summed E-state index contributed by atoms with van der Waals surface area (Å²) in [5.74, 6) is 0.209. The number of rotatable bonds is 7. The van der Waals surface area contributed by atoms with Gasteiger partial charge in [0.1, 0.15) is 5.01 Å². The fraction of sp³-hybridized carbons (Fsp3) is 0.364. The van der Waals surface area contributed by atoms with Crippen LogP contribution in [0.25, 0.3) is 9.88 Å². The molecule has 7 heteroatoms. The first-order chi connectivity index (χ1) is 14.2. The molecule has 1 aliphatic rings. The zero-order valence-corrected chi connectivity index (χ0v) is 18.3. The van der Waals surface area contributed by atoms with Crippen molar-refractivity contribution < 1.29 is 4.79 Å². The standard InChI is InChI=1S/C22H26N4OS2/c1-24(15-19-17-29-22(23-19)20-8-5-13-28-20)16-21(27)26-11-9-25(10-12-26)14-18-6-3-2-4-7-18/h2-8,13,17H,9-12,14-16H2,1H3. The molecule has 4 rings (SSSR count). The summed E-state index contributed by atoms with van der Waals surface area (Å²) in [6.07, 6.45) is 0. The number of thiophene rings is 1. The average molecular weight is 427 g/mol. The minimum atomic E-state index is 0.209. The van der Waals surface area contributed by atoms with Crippen LogP contribution in [0.2, 0.25) is 0 Å². The highest BCUT2D eigenvalue weighted by atomic mass is 32.1. The number of piperazine rings is 1. The van der Waals surface area contributed by atoms with Crippen LogP contribution in [-0.2, 0) is 17.9 Å². The molecule has 0 aliphatic carbocycles. The molecule has 3 aromatic rings. The molecule has 0 spiro atoms. The third kappa shape index (κ3) is 5.51. The molecule has 3 heterocycles. The summed E-state index contributed by atoms with van der Waals surface area (Å²) >= 11 is 3.38. The van der Waals surface area contributed by atoms with Crippen LogP contribution in [0.4, 0.5) is 0 Å². The summed E-state index contributed by atoms with van der Waals surface area (Å²) in [7, 11) is 1.99. The number of amides is 1. The van der Waals surface area contributed by atoms with Crippen LogP contribution in [0.5, 0.6) is 0 Å². The number of hydrogen-bond donors (Lipinski definition) is 0. The number of nitrogens with zero attached hydrogens (tertiary/aromatic N) is 4. The number of carbonyl (C=O) groups is 1. The summed E-state index contributed by atoms with van der Waals surface area (Å²) in [4.78, 5) is 25.1. The highest BCUT2D eigenvalue weighted by Gasteiger charge is 2.22. The van der Waals surface area contributed by atoms with E-state index < -0.39 is 0 Å². The highest BCUT2D eigenvalue weighted by molar-refractivity contribution is 7.20. The average Bonchev–Trinajstić information content (AvgIpc) is 3.41. The van der Waals surface area contributed by atoms with Crippen molar-refractivity contribution in [1.29, 1.82) is 0 Å². The maximum Gasteiger partial charge on any atom is 0.236 e. The predicted octanol–water partition coefficient (Wildman–Crippen LogP) is 3.65. The van der Waals surface area contributed by atoms with Crippen molar-refractivity contribution in [2.75, 3.05) is 39.8 Å². The number of aromatic nitrogens is 1. The second-order valence-electron chi connectivity index (χ2n) is 7.44. The number of benzene rings is 1. The van der Waals surface area contributed by atoms with Crippen LogP contribution in [-0.4, -0.2) is 65.4 Å². The molecule has 0 bridgehead atoms. The molecule has 2 aromatic heterocycles. The van der Waals surface area contributed by atoms with E-state index in [1.807, 2.05) is 24.1 Å². The van der Waals surface area contributed by atoms with E-state index in [2.05, 4.69) is 50.9 Å². The van der Waals surface area contributed by atoms with E-state index in [0.717, 1.165) is 43.4 Å². The monoisotopic (exact) mass is 426 g/mol. The lowest BCUT2D eigenvalue weighted by Gasteiger charge is -2.35. The quantitative estimate of drug-likeness (QED) is 0.578. The minimum Gasteiger partial charge on any atom is -0.339 e. The molecule has 5 nitrogen and oxygen atoms in total. The number of likely N-dealkylation sites (N-methyl/N-ethyl adjacent to an activating group) is 1. The lowest BCUT2D eigenvalue weighted by molar-refractivity contribution is -0.134. The van der Waals surface area contributed by atoms with Gasteiger partial charge in [0.2, 0.25) is 5.91 Å².